The van der Waals surface area contributed by atoms with Crippen molar-refractivity contribution >= 4 is 17.9 Å². The van der Waals surface area contributed by atoms with Gasteiger partial charge in [-0.25, -0.2) is 0 Å². The number of carbonyl (C=O) groups is 3. The van der Waals surface area contributed by atoms with Gasteiger partial charge in [0.25, 0.3) is 0 Å². The van der Waals surface area contributed by atoms with Crippen LogP contribution >= 0.6 is 0 Å². The molecule has 1 unspecified atom stereocenters. The van der Waals surface area contributed by atoms with Crippen molar-refractivity contribution in [2.24, 2.45) is 0 Å². The van der Waals surface area contributed by atoms with Gasteiger partial charge in [0, 0.05) is 19.3 Å². The van der Waals surface area contributed by atoms with Crippen LogP contribution in [0.2, 0.25) is 0 Å². The normalized spacial score (nSPS) is 12.3. The maximum absolute atomic E-state index is 12.8. The van der Waals surface area contributed by atoms with Crippen LogP contribution in [0.1, 0.15) is 316 Å². The summed E-state index contributed by atoms with van der Waals surface area (Å²) in [6.45, 7) is 6.48. The maximum atomic E-state index is 12.8. The lowest BCUT2D eigenvalue weighted by atomic mass is 10.0. The molecule has 69 heavy (non-hydrogen) atoms. The Morgan fingerprint density at radius 3 is 0.913 bits per heavy atom. The van der Waals surface area contributed by atoms with E-state index in [1.54, 1.807) is 0 Å². The topological polar surface area (TPSA) is 78.9 Å². The minimum atomic E-state index is -0.783. The monoisotopic (exact) mass is 967 g/mol. The molecule has 0 aromatic heterocycles. The van der Waals surface area contributed by atoms with Crippen LogP contribution in [0.5, 0.6) is 0 Å². The second-order valence-electron chi connectivity index (χ2n) is 20.2. The van der Waals surface area contributed by atoms with E-state index in [0.29, 0.717) is 19.3 Å². The smallest absolute Gasteiger partial charge is 0.306 e. The average Bonchev–Trinajstić information content (AvgIpc) is 3.35. The Morgan fingerprint density at radius 2 is 0.565 bits per heavy atom. The highest BCUT2D eigenvalue weighted by molar-refractivity contribution is 5.71. The summed E-state index contributed by atoms with van der Waals surface area (Å²) in [4.78, 5) is 37.9. The SMILES string of the molecule is CC/C=C\C/C=C\C/C=C\CCCCCC(=O)OC(COC(=O)CCCCCCCCC)COC(=O)CCCCCCCCCCCCCCCCCCCCC/C=C\CCCCCCCCCC. The van der Waals surface area contributed by atoms with Crippen molar-refractivity contribution in [3.8, 4) is 0 Å². The highest BCUT2D eigenvalue weighted by Crippen LogP contribution is 2.17. The molecule has 0 aliphatic heterocycles. The van der Waals surface area contributed by atoms with E-state index in [4.69, 9.17) is 14.2 Å². The van der Waals surface area contributed by atoms with Gasteiger partial charge in [0.15, 0.2) is 6.10 Å². The van der Waals surface area contributed by atoms with Crippen LogP contribution in [-0.2, 0) is 28.6 Å². The van der Waals surface area contributed by atoms with Crippen LogP contribution < -0.4 is 0 Å². The van der Waals surface area contributed by atoms with Crippen molar-refractivity contribution in [3.63, 3.8) is 0 Å². The Balaban J connectivity index is 3.98. The number of rotatable bonds is 55. The fraction of sp³-hybridized carbons (Fsp3) is 0.825. The number of carbonyl (C=O) groups excluding carboxylic acids is 3. The fourth-order valence-electron chi connectivity index (χ4n) is 8.81. The third-order valence-electron chi connectivity index (χ3n) is 13.3. The van der Waals surface area contributed by atoms with Gasteiger partial charge in [0.05, 0.1) is 0 Å². The van der Waals surface area contributed by atoms with Gasteiger partial charge in [-0.05, 0) is 77.0 Å². The highest BCUT2D eigenvalue weighted by atomic mass is 16.6. The second-order valence-corrected chi connectivity index (χ2v) is 20.2. The summed E-state index contributed by atoms with van der Waals surface area (Å²) < 4.78 is 16.7. The quantitative estimate of drug-likeness (QED) is 0.0262. The van der Waals surface area contributed by atoms with Gasteiger partial charge in [-0.3, -0.25) is 14.4 Å². The first-order chi connectivity index (χ1) is 34.0. The lowest BCUT2D eigenvalue weighted by Gasteiger charge is -2.18. The standard InChI is InChI=1S/C63H114O6/c1-4-7-10-13-16-18-20-22-23-24-25-26-27-28-29-30-31-32-33-34-35-36-37-38-39-41-42-44-47-50-53-56-62(65)68-59-60(58-67-61(64)55-52-49-46-15-12-9-6-3)69-63(66)57-54-51-48-45-43-40-21-19-17-14-11-8-5-2/h8,11,17,19,24-25,40,43,60H,4-7,9-10,12-16,18,20-23,26-39,41-42,44-59H2,1-3H3/b11-8-,19-17-,25-24-,43-40-. The lowest BCUT2D eigenvalue weighted by molar-refractivity contribution is -0.167. The highest BCUT2D eigenvalue weighted by Gasteiger charge is 2.19. The van der Waals surface area contributed by atoms with Gasteiger partial charge in [-0.2, -0.15) is 0 Å². The summed E-state index contributed by atoms with van der Waals surface area (Å²) in [6.07, 6.45) is 71.7. The maximum Gasteiger partial charge on any atom is 0.306 e. The fourth-order valence-corrected chi connectivity index (χ4v) is 8.81. The molecule has 6 nitrogen and oxygen atoms in total. The van der Waals surface area contributed by atoms with E-state index in [0.717, 1.165) is 83.5 Å². The Kier molecular flexibility index (Phi) is 55.7. The van der Waals surface area contributed by atoms with Crippen molar-refractivity contribution in [2.75, 3.05) is 13.2 Å². The zero-order valence-corrected chi connectivity index (χ0v) is 46.1. The van der Waals surface area contributed by atoms with Crippen molar-refractivity contribution in [3.05, 3.63) is 48.6 Å². The summed E-state index contributed by atoms with van der Waals surface area (Å²) in [5.74, 6) is -0.907. The molecular formula is C63H114O6. The Bertz CT molecular complexity index is 1200. The number of ether oxygens (including phenoxy) is 3. The molecule has 0 radical (unpaired) electrons. The summed E-state index contributed by atoms with van der Waals surface area (Å²) in [7, 11) is 0. The van der Waals surface area contributed by atoms with E-state index in [9.17, 15) is 14.4 Å². The van der Waals surface area contributed by atoms with E-state index in [-0.39, 0.29) is 31.1 Å². The number of esters is 3. The molecular weight excluding hydrogens is 853 g/mol. The molecule has 0 heterocycles. The summed E-state index contributed by atoms with van der Waals surface area (Å²) in [5, 5.41) is 0. The largest absolute Gasteiger partial charge is 0.462 e. The number of allylic oxidation sites excluding steroid dienone is 8. The van der Waals surface area contributed by atoms with E-state index >= 15 is 0 Å². The van der Waals surface area contributed by atoms with Crippen molar-refractivity contribution < 1.29 is 28.6 Å². The summed E-state index contributed by atoms with van der Waals surface area (Å²) >= 11 is 0. The molecule has 0 rings (SSSR count). The predicted octanol–water partition coefficient (Wildman–Crippen LogP) is 20.2. The molecule has 0 N–H and O–H groups in total. The molecule has 0 fully saturated rings. The predicted molar refractivity (Wildman–Crippen MR) is 298 cm³/mol. The molecule has 0 aromatic carbocycles. The Labute approximate surface area is 428 Å². The van der Waals surface area contributed by atoms with Crippen LogP contribution in [0.4, 0.5) is 0 Å². The van der Waals surface area contributed by atoms with Crippen LogP contribution in [0, 0.1) is 0 Å². The van der Waals surface area contributed by atoms with Crippen molar-refractivity contribution in [2.45, 2.75) is 322 Å². The number of unbranched alkanes of at least 4 members (excludes halogenated alkanes) is 36. The summed E-state index contributed by atoms with van der Waals surface area (Å²) in [6, 6.07) is 0. The zero-order valence-electron chi connectivity index (χ0n) is 46.1. The Morgan fingerprint density at radius 1 is 0.304 bits per heavy atom. The van der Waals surface area contributed by atoms with E-state index in [1.165, 1.54) is 193 Å². The minimum Gasteiger partial charge on any atom is -0.462 e. The number of hydrogen-bond donors (Lipinski definition) is 0. The molecule has 0 saturated carbocycles. The van der Waals surface area contributed by atoms with Gasteiger partial charge in [0.1, 0.15) is 13.2 Å². The second kappa shape index (κ2) is 57.9. The van der Waals surface area contributed by atoms with Gasteiger partial charge in [0.2, 0.25) is 0 Å². The molecule has 0 saturated heterocycles. The van der Waals surface area contributed by atoms with Gasteiger partial charge in [-0.1, -0.05) is 268 Å². The molecule has 1 atom stereocenters. The zero-order chi connectivity index (χ0) is 50.0. The minimum absolute atomic E-state index is 0.0819. The Hall–Kier alpha value is -2.63. The molecule has 0 spiro atoms. The first kappa shape index (κ1) is 66.4. The molecule has 6 heteroatoms. The first-order valence-electron chi connectivity index (χ1n) is 30.1. The first-order valence-corrected chi connectivity index (χ1v) is 30.1. The molecule has 0 aliphatic rings. The lowest BCUT2D eigenvalue weighted by Crippen LogP contribution is -2.30. The molecule has 402 valence electrons. The third-order valence-corrected chi connectivity index (χ3v) is 13.3. The molecule has 0 amide bonds. The van der Waals surface area contributed by atoms with E-state index in [2.05, 4.69) is 69.4 Å². The summed E-state index contributed by atoms with van der Waals surface area (Å²) in [5.41, 5.74) is 0. The molecule has 0 bridgehead atoms. The van der Waals surface area contributed by atoms with Crippen molar-refractivity contribution in [1.29, 1.82) is 0 Å². The van der Waals surface area contributed by atoms with Crippen LogP contribution in [0.3, 0.4) is 0 Å². The van der Waals surface area contributed by atoms with E-state index in [1.807, 2.05) is 0 Å². The van der Waals surface area contributed by atoms with E-state index < -0.39 is 6.10 Å². The van der Waals surface area contributed by atoms with Gasteiger partial charge >= 0.3 is 17.9 Å². The van der Waals surface area contributed by atoms with Gasteiger partial charge in [-0.15, -0.1) is 0 Å². The van der Waals surface area contributed by atoms with Crippen LogP contribution in [0.15, 0.2) is 48.6 Å². The van der Waals surface area contributed by atoms with Crippen molar-refractivity contribution in [1.82, 2.24) is 0 Å². The van der Waals surface area contributed by atoms with Crippen LogP contribution in [-0.4, -0.2) is 37.2 Å². The third kappa shape index (κ3) is 56.2. The van der Waals surface area contributed by atoms with Crippen LogP contribution in [0.25, 0.3) is 0 Å². The average molecular weight is 968 g/mol. The molecule has 0 aromatic rings. The number of hydrogen-bond acceptors (Lipinski definition) is 6. The molecule has 0 aliphatic carbocycles. The van der Waals surface area contributed by atoms with Gasteiger partial charge < -0.3 is 14.2 Å².